The van der Waals surface area contributed by atoms with Gasteiger partial charge in [-0.1, -0.05) is 12.2 Å². The average Bonchev–Trinajstić information content (AvgIpc) is 2.49. The Hall–Kier alpha value is -0.870. The number of furan rings is 1. The Morgan fingerprint density at radius 2 is 2.50 bits per heavy atom. The van der Waals surface area contributed by atoms with Crippen LogP contribution in [-0.2, 0) is 6.54 Å². The molecule has 12 heavy (non-hydrogen) atoms. The lowest BCUT2D eigenvalue weighted by Crippen LogP contribution is -2.20. The molecular formula is C8H12N2OS. The van der Waals surface area contributed by atoms with Crippen LogP contribution in [0.5, 0.6) is 0 Å². The van der Waals surface area contributed by atoms with Crippen molar-refractivity contribution >= 4 is 17.2 Å². The van der Waals surface area contributed by atoms with Gasteiger partial charge >= 0.3 is 0 Å². The molecule has 1 rings (SSSR count). The Bertz CT molecular complexity index is 233. The normalized spacial score (nSPS) is 10.0. The summed E-state index contributed by atoms with van der Waals surface area (Å²) in [5.41, 5.74) is 5.32. The molecule has 0 saturated heterocycles. The summed E-state index contributed by atoms with van der Waals surface area (Å²) in [6, 6.07) is 3.79. The quantitative estimate of drug-likeness (QED) is 0.530. The van der Waals surface area contributed by atoms with Crippen LogP contribution in [0.15, 0.2) is 22.8 Å². The highest BCUT2D eigenvalue weighted by atomic mass is 32.1. The molecule has 0 aromatic carbocycles. The smallest absolute Gasteiger partial charge is 0.117 e. The van der Waals surface area contributed by atoms with Gasteiger partial charge in [0.2, 0.25) is 0 Å². The molecule has 1 heterocycles. The maximum Gasteiger partial charge on any atom is 0.117 e. The fraction of sp³-hybridized carbons (Fsp3) is 0.375. The Morgan fingerprint density at radius 1 is 1.67 bits per heavy atom. The van der Waals surface area contributed by atoms with Crippen molar-refractivity contribution in [1.82, 2.24) is 5.32 Å². The summed E-state index contributed by atoms with van der Waals surface area (Å²) in [5, 5.41) is 3.16. The highest BCUT2D eigenvalue weighted by Crippen LogP contribution is 1.97. The molecule has 0 bridgehead atoms. The zero-order chi connectivity index (χ0) is 8.81. The van der Waals surface area contributed by atoms with Crippen LogP contribution in [-0.4, -0.2) is 11.5 Å². The number of rotatable bonds is 5. The molecule has 66 valence electrons. The lowest BCUT2D eigenvalue weighted by Gasteiger charge is -2.00. The van der Waals surface area contributed by atoms with E-state index in [0.717, 1.165) is 25.3 Å². The summed E-state index contributed by atoms with van der Waals surface area (Å²) >= 11 is 4.72. The summed E-state index contributed by atoms with van der Waals surface area (Å²) in [7, 11) is 0. The van der Waals surface area contributed by atoms with E-state index < -0.39 is 0 Å². The van der Waals surface area contributed by atoms with Crippen molar-refractivity contribution in [2.45, 2.75) is 13.0 Å². The Morgan fingerprint density at radius 3 is 3.08 bits per heavy atom. The van der Waals surface area contributed by atoms with Crippen LogP contribution >= 0.6 is 12.2 Å². The maximum absolute atomic E-state index is 5.32. The SMILES string of the molecule is NC(=S)CCNCc1ccco1. The molecule has 0 aliphatic rings. The molecule has 1 aromatic rings. The molecule has 4 heteroatoms. The third-order valence-corrected chi connectivity index (χ3v) is 1.63. The summed E-state index contributed by atoms with van der Waals surface area (Å²) in [4.78, 5) is 0.543. The molecule has 1 aromatic heterocycles. The van der Waals surface area contributed by atoms with Gasteiger partial charge in [-0.2, -0.15) is 0 Å². The van der Waals surface area contributed by atoms with Crippen LogP contribution in [0.4, 0.5) is 0 Å². The molecule has 0 saturated carbocycles. The standard InChI is InChI=1S/C8H12N2OS/c9-8(12)3-4-10-6-7-2-1-5-11-7/h1-2,5,10H,3-4,6H2,(H2,9,12). The third-order valence-electron chi connectivity index (χ3n) is 1.43. The predicted molar refractivity (Wildman–Crippen MR) is 51.8 cm³/mol. The van der Waals surface area contributed by atoms with E-state index >= 15 is 0 Å². The molecule has 0 amide bonds. The average molecular weight is 184 g/mol. The molecule has 3 N–H and O–H groups in total. The summed E-state index contributed by atoms with van der Waals surface area (Å²) in [6.07, 6.45) is 2.39. The minimum atomic E-state index is 0.543. The summed E-state index contributed by atoms with van der Waals surface area (Å²) in [6.45, 7) is 1.53. The van der Waals surface area contributed by atoms with Crippen molar-refractivity contribution in [2.75, 3.05) is 6.54 Å². The van der Waals surface area contributed by atoms with E-state index in [1.54, 1.807) is 6.26 Å². The van der Waals surface area contributed by atoms with Crippen molar-refractivity contribution in [3.05, 3.63) is 24.2 Å². The zero-order valence-corrected chi connectivity index (χ0v) is 7.56. The minimum Gasteiger partial charge on any atom is -0.468 e. The van der Waals surface area contributed by atoms with Crippen LogP contribution in [0, 0.1) is 0 Å². The van der Waals surface area contributed by atoms with Gasteiger partial charge in [0.25, 0.3) is 0 Å². The largest absolute Gasteiger partial charge is 0.468 e. The van der Waals surface area contributed by atoms with E-state index in [4.69, 9.17) is 22.4 Å². The number of thiocarbonyl (C=S) groups is 1. The lowest BCUT2D eigenvalue weighted by molar-refractivity contribution is 0.486. The number of nitrogens with one attached hydrogen (secondary N) is 1. The Kier molecular flexibility index (Phi) is 3.76. The molecule has 0 unspecified atom stereocenters. The first-order chi connectivity index (χ1) is 5.79. The second kappa shape index (κ2) is 4.90. The molecular weight excluding hydrogens is 172 g/mol. The zero-order valence-electron chi connectivity index (χ0n) is 6.75. The van der Waals surface area contributed by atoms with Crippen LogP contribution in [0.3, 0.4) is 0 Å². The summed E-state index contributed by atoms with van der Waals surface area (Å²) in [5.74, 6) is 0.929. The van der Waals surface area contributed by atoms with Crippen molar-refractivity contribution in [2.24, 2.45) is 5.73 Å². The first-order valence-corrected chi connectivity index (χ1v) is 4.21. The molecule has 0 aliphatic heterocycles. The number of hydrogen-bond donors (Lipinski definition) is 2. The predicted octanol–water partition coefficient (Wildman–Crippen LogP) is 1.05. The van der Waals surface area contributed by atoms with Gasteiger partial charge in [-0.3, -0.25) is 0 Å². The highest BCUT2D eigenvalue weighted by molar-refractivity contribution is 7.80. The first kappa shape index (κ1) is 9.22. The van der Waals surface area contributed by atoms with E-state index in [9.17, 15) is 0 Å². The van der Waals surface area contributed by atoms with E-state index in [1.165, 1.54) is 0 Å². The third kappa shape index (κ3) is 3.50. The van der Waals surface area contributed by atoms with Gasteiger partial charge in [0, 0.05) is 13.0 Å². The van der Waals surface area contributed by atoms with Gasteiger partial charge in [-0.05, 0) is 12.1 Å². The van der Waals surface area contributed by atoms with Crippen LogP contribution in [0.2, 0.25) is 0 Å². The van der Waals surface area contributed by atoms with Gasteiger partial charge < -0.3 is 15.5 Å². The highest BCUT2D eigenvalue weighted by Gasteiger charge is 1.94. The van der Waals surface area contributed by atoms with E-state index in [0.29, 0.717) is 4.99 Å². The van der Waals surface area contributed by atoms with Crippen LogP contribution in [0.1, 0.15) is 12.2 Å². The molecule has 0 aliphatic carbocycles. The van der Waals surface area contributed by atoms with Gasteiger partial charge in [-0.15, -0.1) is 0 Å². The molecule has 0 radical (unpaired) electrons. The first-order valence-electron chi connectivity index (χ1n) is 3.80. The Balaban J connectivity index is 2.07. The van der Waals surface area contributed by atoms with Gasteiger partial charge in [0.05, 0.1) is 17.8 Å². The minimum absolute atomic E-state index is 0.543. The van der Waals surface area contributed by atoms with Gasteiger partial charge in [0.1, 0.15) is 5.76 Å². The molecule has 3 nitrogen and oxygen atoms in total. The lowest BCUT2D eigenvalue weighted by atomic mass is 10.4. The maximum atomic E-state index is 5.32. The number of hydrogen-bond acceptors (Lipinski definition) is 3. The summed E-state index contributed by atoms with van der Waals surface area (Å²) < 4.78 is 5.11. The van der Waals surface area contributed by atoms with Crippen molar-refractivity contribution in [1.29, 1.82) is 0 Å². The van der Waals surface area contributed by atoms with Crippen LogP contribution < -0.4 is 11.1 Å². The van der Waals surface area contributed by atoms with Crippen molar-refractivity contribution in [3.63, 3.8) is 0 Å². The van der Waals surface area contributed by atoms with Crippen LogP contribution in [0.25, 0.3) is 0 Å². The fourth-order valence-electron chi connectivity index (χ4n) is 0.836. The second-order valence-electron chi connectivity index (χ2n) is 2.47. The molecule has 0 atom stereocenters. The van der Waals surface area contributed by atoms with Crippen molar-refractivity contribution in [3.8, 4) is 0 Å². The fourth-order valence-corrected chi connectivity index (χ4v) is 0.938. The van der Waals surface area contributed by atoms with Gasteiger partial charge in [0.15, 0.2) is 0 Å². The second-order valence-corrected chi connectivity index (χ2v) is 3.00. The molecule has 0 spiro atoms. The van der Waals surface area contributed by atoms with Crippen molar-refractivity contribution < 1.29 is 4.42 Å². The van der Waals surface area contributed by atoms with Gasteiger partial charge in [-0.25, -0.2) is 0 Å². The number of nitrogens with two attached hydrogens (primary N) is 1. The topological polar surface area (TPSA) is 51.2 Å². The van der Waals surface area contributed by atoms with E-state index in [2.05, 4.69) is 5.32 Å². The van der Waals surface area contributed by atoms with E-state index in [-0.39, 0.29) is 0 Å². The Labute approximate surface area is 76.9 Å². The monoisotopic (exact) mass is 184 g/mol. The van der Waals surface area contributed by atoms with E-state index in [1.807, 2.05) is 12.1 Å². The molecule has 0 fully saturated rings.